The summed E-state index contributed by atoms with van der Waals surface area (Å²) in [6.45, 7) is 7.44. The van der Waals surface area contributed by atoms with Crippen LogP contribution in [0.5, 0.6) is 0 Å². The number of rotatable bonds is 7. The maximum atomic E-state index is 12.5. The Labute approximate surface area is 144 Å². The third kappa shape index (κ3) is 4.78. The van der Waals surface area contributed by atoms with Gasteiger partial charge in [0.15, 0.2) is 0 Å². The summed E-state index contributed by atoms with van der Waals surface area (Å²) >= 11 is 0. The van der Waals surface area contributed by atoms with E-state index in [9.17, 15) is 4.79 Å². The van der Waals surface area contributed by atoms with Crippen molar-refractivity contribution in [3.63, 3.8) is 0 Å². The molecule has 1 N–H and O–H groups in total. The average molecular weight is 326 g/mol. The van der Waals surface area contributed by atoms with Crippen molar-refractivity contribution in [2.24, 2.45) is 0 Å². The Morgan fingerprint density at radius 2 is 1.96 bits per heavy atom. The molecular formula is C19H26N4O. The molecule has 5 nitrogen and oxygen atoms in total. The number of anilines is 1. The van der Waals surface area contributed by atoms with Crippen LogP contribution in [0.4, 0.5) is 5.95 Å². The van der Waals surface area contributed by atoms with E-state index in [0.29, 0.717) is 18.2 Å². The number of carbonyl (C=O) groups excluding carboxylic acids is 1. The number of aromatic nitrogens is 2. The SMILES string of the molecule is CCCCN(C)C(=O)c1cc(C)nc(NCc2ccccc2C)n1. The molecule has 24 heavy (non-hydrogen) atoms. The van der Waals surface area contributed by atoms with E-state index in [0.717, 1.165) is 25.1 Å². The number of unbranched alkanes of at least 4 members (excludes halogenated alkanes) is 1. The minimum Gasteiger partial charge on any atom is -0.350 e. The van der Waals surface area contributed by atoms with Gasteiger partial charge in [-0.15, -0.1) is 0 Å². The molecule has 0 radical (unpaired) electrons. The van der Waals surface area contributed by atoms with Crippen LogP contribution >= 0.6 is 0 Å². The van der Waals surface area contributed by atoms with Crippen molar-refractivity contribution in [3.8, 4) is 0 Å². The Morgan fingerprint density at radius 3 is 2.67 bits per heavy atom. The minimum absolute atomic E-state index is 0.0621. The highest BCUT2D eigenvalue weighted by molar-refractivity contribution is 5.92. The predicted molar refractivity (Wildman–Crippen MR) is 97.1 cm³/mol. The van der Waals surface area contributed by atoms with Crippen LogP contribution in [0.25, 0.3) is 0 Å². The molecule has 1 aromatic heterocycles. The van der Waals surface area contributed by atoms with Crippen molar-refractivity contribution < 1.29 is 4.79 Å². The number of carbonyl (C=O) groups is 1. The van der Waals surface area contributed by atoms with Crippen molar-refractivity contribution in [1.82, 2.24) is 14.9 Å². The van der Waals surface area contributed by atoms with Crippen molar-refractivity contribution in [2.75, 3.05) is 18.9 Å². The Bertz CT molecular complexity index is 700. The molecule has 0 aliphatic carbocycles. The largest absolute Gasteiger partial charge is 0.350 e. The highest BCUT2D eigenvalue weighted by atomic mass is 16.2. The van der Waals surface area contributed by atoms with Crippen LogP contribution in [0.15, 0.2) is 30.3 Å². The predicted octanol–water partition coefficient (Wildman–Crippen LogP) is 3.58. The highest BCUT2D eigenvalue weighted by Gasteiger charge is 2.15. The summed E-state index contributed by atoms with van der Waals surface area (Å²) in [4.78, 5) is 23.0. The van der Waals surface area contributed by atoms with Crippen LogP contribution in [0.1, 0.15) is 47.1 Å². The van der Waals surface area contributed by atoms with Gasteiger partial charge in [0.2, 0.25) is 5.95 Å². The van der Waals surface area contributed by atoms with E-state index in [1.54, 1.807) is 11.0 Å². The summed E-state index contributed by atoms with van der Waals surface area (Å²) in [7, 11) is 1.82. The summed E-state index contributed by atoms with van der Waals surface area (Å²) in [5, 5.41) is 3.23. The summed E-state index contributed by atoms with van der Waals surface area (Å²) in [6.07, 6.45) is 2.05. The first-order valence-electron chi connectivity index (χ1n) is 8.40. The Morgan fingerprint density at radius 1 is 1.21 bits per heavy atom. The third-order valence-corrected chi connectivity index (χ3v) is 3.97. The third-order valence-electron chi connectivity index (χ3n) is 3.97. The normalized spacial score (nSPS) is 10.5. The molecule has 1 amide bonds. The zero-order valence-corrected chi connectivity index (χ0v) is 15.0. The van der Waals surface area contributed by atoms with Gasteiger partial charge in [-0.1, -0.05) is 37.6 Å². The molecule has 0 saturated heterocycles. The first-order chi connectivity index (χ1) is 11.5. The fourth-order valence-corrected chi connectivity index (χ4v) is 2.43. The molecule has 0 unspecified atom stereocenters. The number of hydrogen-bond acceptors (Lipinski definition) is 4. The maximum Gasteiger partial charge on any atom is 0.272 e. The first-order valence-corrected chi connectivity index (χ1v) is 8.40. The first kappa shape index (κ1) is 17.9. The summed E-state index contributed by atoms with van der Waals surface area (Å²) < 4.78 is 0. The number of nitrogens with one attached hydrogen (secondary N) is 1. The van der Waals surface area contributed by atoms with E-state index in [-0.39, 0.29) is 5.91 Å². The topological polar surface area (TPSA) is 58.1 Å². The molecule has 2 rings (SSSR count). The van der Waals surface area contributed by atoms with Crippen molar-refractivity contribution >= 4 is 11.9 Å². The number of nitrogens with zero attached hydrogens (tertiary/aromatic N) is 3. The zero-order chi connectivity index (χ0) is 17.5. The molecule has 0 atom stereocenters. The number of aryl methyl sites for hydroxylation is 2. The summed E-state index contributed by atoms with van der Waals surface area (Å²) in [5.74, 6) is 0.429. The van der Waals surface area contributed by atoms with E-state index >= 15 is 0 Å². The van der Waals surface area contributed by atoms with Gasteiger partial charge in [-0.25, -0.2) is 9.97 Å². The number of hydrogen-bond donors (Lipinski definition) is 1. The van der Waals surface area contributed by atoms with Gasteiger partial charge in [0, 0.05) is 25.8 Å². The van der Waals surface area contributed by atoms with Crippen LogP contribution in [0.2, 0.25) is 0 Å². The summed E-state index contributed by atoms with van der Waals surface area (Å²) in [6, 6.07) is 9.92. The number of benzene rings is 1. The Hall–Kier alpha value is -2.43. The lowest BCUT2D eigenvalue weighted by Gasteiger charge is -2.17. The van der Waals surface area contributed by atoms with Crippen molar-refractivity contribution in [3.05, 3.63) is 52.8 Å². The molecule has 1 aromatic carbocycles. The van der Waals surface area contributed by atoms with Gasteiger partial charge in [0.25, 0.3) is 5.91 Å². The molecule has 1 heterocycles. The second-order valence-electron chi connectivity index (χ2n) is 6.08. The molecule has 5 heteroatoms. The summed E-state index contributed by atoms with van der Waals surface area (Å²) in [5.41, 5.74) is 3.63. The minimum atomic E-state index is -0.0621. The monoisotopic (exact) mass is 326 g/mol. The fourth-order valence-electron chi connectivity index (χ4n) is 2.43. The zero-order valence-electron chi connectivity index (χ0n) is 15.0. The Balaban J connectivity index is 2.10. The Kier molecular flexibility index (Phi) is 6.29. The molecular weight excluding hydrogens is 300 g/mol. The van der Waals surface area contributed by atoms with E-state index in [1.807, 2.05) is 26.1 Å². The van der Waals surface area contributed by atoms with Crippen LogP contribution in [0.3, 0.4) is 0 Å². The maximum absolute atomic E-state index is 12.5. The molecule has 0 bridgehead atoms. The van der Waals surface area contributed by atoms with Gasteiger partial charge in [0.05, 0.1) is 0 Å². The van der Waals surface area contributed by atoms with E-state index in [4.69, 9.17) is 0 Å². The van der Waals surface area contributed by atoms with Gasteiger partial charge in [-0.2, -0.15) is 0 Å². The lowest BCUT2D eigenvalue weighted by molar-refractivity contribution is 0.0787. The molecule has 0 spiro atoms. The van der Waals surface area contributed by atoms with Gasteiger partial charge in [0.1, 0.15) is 5.69 Å². The lowest BCUT2D eigenvalue weighted by atomic mass is 10.1. The second kappa shape index (κ2) is 8.43. The van der Waals surface area contributed by atoms with Crippen LogP contribution in [-0.4, -0.2) is 34.4 Å². The van der Waals surface area contributed by atoms with E-state index in [1.165, 1.54) is 11.1 Å². The van der Waals surface area contributed by atoms with Gasteiger partial charge >= 0.3 is 0 Å². The smallest absolute Gasteiger partial charge is 0.272 e. The molecule has 128 valence electrons. The molecule has 0 aliphatic heterocycles. The standard InChI is InChI=1S/C19H26N4O/c1-5-6-11-23(4)18(24)17-12-15(3)21-19(22-17)20-13-16-10-8-7-9-14(16)2/h7-10,12H,5-6,11,13H2,1-4H3,(H,20,21,22). The second-order valence-corrected chi connectivity index (χ2v) is 6.08. The van der Waals surface area contributed by atoms with Gasteiger partial charge in [-0.05, 0) is 37.5 Å². The lowest BCUT2D eigenvalue weighted by Crippen LogP contribution is -2.29. The van der Waals surface area contributed by atoms with E-state index in [2.05, 4.69) is 41.3 Å². The highest BCUT2D eigenvalue weighted by Crippen LogP contribution is 2.11. The van der Waals surface area contributed by atoms with Crippen molar-refractivity contribution in [1.29, 1.82) is 0 Å². The van der Waals surface area contributed by atoms with Gasteiger partial charge < -0.3 is 10.2 Å². The molecule has 0 aliphatic rings. The van der Waals surface area contributed by atoms with E-state index < -0.39 is 0 Å². The van der Waals surface area contributed by atoms with Crippen LogP contribution in [-0.2, 0) is 6.54 Å². The van der Waals surface area contributed by atoms with Crippen LogP contribution < -0.4 is 5.32 Å². The average Bonchev–Trinajstić information content (AvgIpc) is 2.57. The van der Waals surface area contributed by atoms with Crippen molar-refractivity contribution in [2.45, 2.75) is 40.2 Å². The molecule has 0 saturated carbocycles. The fraction of sp³-hybridized carbons (Fsp3) is 0.421. The van der Waals surface area contributed by atoms with Gasteiger partial charge in [-0.3, -0.25) is 4.79 Å². The van der Waals surface area contributed by atoms with Crippen LogP contribution in [0, 0.1) is 13.8 Å². The quantitative estimate of drug-likeness (QED) is 0.845. The number of amides is 1. The molecule has 2 aromatic rings. The molecule has 0 fully saturated rings.